The molecule has 56 valence electrons. The van der Waals surface area contributed by atoms with Gasteiger partial charge in [0.05, 0.1) is 12.4 Å². The summed E-state index contributed by atoms with van der Waals surface area (Å²) in [7, 11) is 1.86. The van der Waals surface area contributed by atoms with Gasteiger partial charge in [0.25, 0.3) is 0 Å². The highest BCUT2D eigenvalue weighted by Gasteiger charge is 2.01. The molecule has 11 heavy (non-hydrogen) atoms. The SMILES string of the molecule is Cc1cnnc2c1cnn2C. The second-order valence-corrected chi connectivity index (χ2v) is 2.53. The van der Waals surface area contributed by atoms with Gasteiger partial charge in [0.1, 0.15) is 0 Å². The highest BCUT2D eigenvalue weighted by atomic mass is 15.3. The van der Waals surface area contributed by atoms with Crippen molar-refractivity contribution in [1.82, 2.24) is 20.0 Å². The molecule has 4 heteroatoms. The van der Waals surface area contributed by atoms with Crippen LogP contribution < -0.4 is 0 Å². The van der Waals surface area contributed by atoms with Gasteiger partial charge in [-0.2, -0.15) is 10.2 Å². The first-order valence-corrected chi connectivity index (χ1v) is 3.39. The predicted molar refractivity (Wildman–Crippen MR) is 41.0 cm³/mol. The molecule has 0 fully saturated rings. The predicted octanol–water partition coefficient (Wildman–Crippen LogP) is 0.672. The van der Waals surface area contributed by atoms with Gasteiger partial charge in [0.2, 0.25) is 0 Å². The van der Waals surface area contributed by atoms with Crippen molar-refractivity contribution in [2.75, 3.05) is 0 Å². The Kier molecular flexibility index (Phi) is 1.15. The minimum Gasteiger partial charge on any atom is -0.249 e. The third kappa shape index (κ3) is 0.790. The van der Waals surface area contributed by atoms with Crippen molar-refractivity contribution in [3.63, 3.8) is 0 Å². The van der Waals surface area contributed by atoms with Crippen LogP contribution in [0.4, 0.5) is 0 Å². The topological polar surface area (TPSA) is 43.6 Å². The van der Waals surface area contributed by atoms with E-state index in [1.165, 1.54) is 0 Å². The normalized spacial score (nSPS) is 10.7. The van der Waals surface area contributed by atoms with E-state index in [1.54, 1.807) is 17.1 Å². The minimum atomic E-state index is 0.838. The molecule has 0 aliphatic heterocycles. The van der Waals surface area contributed by atoms with Crippen LogP contribution in [0.3, 0.4) is 0 Å². The molecular formula is C7H8N4. The van der Waals surface area contributed by atoms with Crippen molar-refractivity contribution in [1.29, 1.82) is 0 Å². The number of nitrogens with zero attached hydrogens (tertiary/aromatic N) is 4. The molecule has 0 aliphatic rings. The average Bonchev–Trinajstić information content (AvgIpc) is 2.35. The lowest BCUT2D eigenvalue weighted by atomic mass is 10.2. The Morgan fingerprint density at radius 3 is 2.91 bits per heavy atom. The van der Waals surface area contributed by atoms with Crippen LogP contribution in [0.2, 0.25) is 0 Å². The molecule has 4 nitrogen and oxygen atoms in total. The third-order valence-electron chi connectivity index (χ3n) is 1.74. The lowest BCUT2D eigenvalue weighted by Crippen LogP contribution is -1.93. The van der Waals surface area contributed by atoms with Gasteiger partial charge in [-0.3, -0.25) is 0 Å². The van der Waals surface area contributed by atoms with Crippen LogP contribution in [0.5, 0.6) is 0 Å². The molecule has 0 bridgehead atoms. The van der Waals surface area contributed by atoms with Crippen molar-refractivity contribution in [3.8, 4) is 0 Å². The zero-order valence-electron chi connectivity index (χ0n) is 6.44. The fraction of sp³-hybridized carbons (Fsp3) is 0.286. The van der Waals surface area contributed by atoms with Gasteiger partial charge in [0.15, 0.2) is 5.65 Å². The van der Waals surface area contributed by atoms with Crippen molar-refractivity contribution in [3.05, 3.63) is 18.0 Å². The molecule has 2 aromatic heterocycles. The van der Waals surface area contributed by atoms with Gasteiger partial charge >= 0.3 is 0 Å². The first kappa shape index (κ1) is 6.27. The second-order valence-electron chi connectivity index (χ2n) is 2.53. The molecule has 0 aromatic carbocycles. The van der Waals surface area contributed by atoms with Gasteiger partial charge in [0, 0.05) is 12.4 Å². The van der Waals surface area contributed by atoms with Gasteiger partial charge in [-0.15, -0.1) is 5.10 Å². The van der Waals surface area contributed by atoms with Crippen LogP contribution >= 0.6 is 0 Å². The van der Waals surface area contributed by atoms with E-state index in [0.717, 1.165) is 16.6 Å². The van der Waals surface area contributed by atoms with E-state index in [-0.39, 0.29) is 0 Å². The average molecular weight is 148 g/mol. The molecule has 0 amide bonds. The maximum absolute atomic E-state index is 4.07. The molecule has 0 saturated carbocycles. The largest absolute Gasteiger partial charge is 0.249 e. The van der Waals surface area contributed by atoms with Gasteiger partial charge in [-0.1, -0.05) is 0 Å². The summed E-state index contributed by atoms with van der Waals surface area (Å²) in [6.07, 6.45) is 3.54. The highest BCUT2D eigenvalue weighted by molar-refractivity contribution is 5.77. The molecule has 0 unspecified atom stereocenters. The molecule has 2 heterocycles. The maximum atomic E-state index is 4.07. The third-order valence-corrected chi connectivity index (χ3v) is 1.74. The monoisotopic (exact) mass is 148 g/mol. The standard InChI is InChI=1S/C7H8N4/c1-5-3-8-10-7-6(5)4-9-11(7)2/h3-4H,1-2H3. The number of hydrogen-bond acceptors (Lipinski definition) is 3. The molecule has 0 spiro atoms. The summed E-state index contributed by atoms with van der Waals surface area (Å²) in [5.41, 5.74) is 1.95. The van der Waals surface area contributed by atoms with Crippen LogP contribution in [0, 0.1) is 6.92 Å². The van der Waals surface area contributed by atoms with Gasteiger partial charge < -0.3 is 0 Å². The Morgan fingerprint density at radius 2 is 2.18 bits per heavy atom. The first-order valence-electron chi connectivity index (χ1n) is 3.39. The van der Waals surface area contributed by atoms with E-state index in [2.05, 4.69) is 15.3 Å². The van der Waals surface area contributed by atoms with Crippen molar-refractivity contribution in [2.24, 2.45) is 7.05 Å². The summed E-state index contributed by atoms with van der Waals surface area (Å²) in [6.45, 7) is 2.00. The Hall–Kier alpha value is -1.45. The van der Waals surface area contributed by atoms with E-state index in [0.29, 0.717) is 0 Å². The highest BCUT2D eigenvalue weighted by Crippen LogP contribution is 2.11. The van der Waals surface area contributed by atoms with E-state index in [1.807, 2.05) is 14.0 Å². The Balaban J connectivity index is 2.94. The van der Waals surface area contributed by atoms with E-state index in [4.69, 9.17) is 0 Å². The fourth-order valence-electron chi connectivity index (χ4n) is 1.07. The lowest BCUT2D eigenvalue weighted by molar-refractivity contribution is 0.777. The molecule has 2 aromatic rings. The zero-order chi connectivity index (χ0) is 7.84. The molecular weight excluding hydrogens is 140 g/mol. The molecule has 0 aliphatic carbocycles. The first-order chi connectivity index (χ1) is 5.29. The summed E-state index contributed by atoms with van der Waals surface area (Å²) < 4.78 is 1.72. The van der Waals surface area contributed by atoms with Crippen molar-refractivity contribution < 1.29 is 0 Å². The number of aryl methyl sites for hydroxylation is 2. The van der Waals surface area contributed by atoms with Crippen molar-refractivity contribution >= 4 is 11.0 Å². The Morgan fingerprint density at radius 1 is 1.36 bits per heavy atom. The summed E-state index contributed by atoms with van der Waals surface area (Å²) >= 11 is 0. The number of aromatic nitrogens is 4. The Bertz CT molecular complexity index is 390. The second kappa shape index (κ2) is 2.02. The van der Waals surface area contributed by atoms with Crippen LogP contribution in [0.1, 0.15) is 5.56 Å². The van der Waals surface area contributed by atoms with Crippen LogP contribution in [0.15, 0.2) is 12.4 Å². The fourth-order valence-corrected chi connectivity index (χ4v) is 1.07. The number of hydrogen-bond donors (Lipinski definition) is 0. The number of rotatable bonds is 0. The molecule has 0 radical (unpaired) electrons. The summed E-state index contributed by atoms with van der Waals surface area (Å²) in [4.78, 5) is 0. The molecule has 2 rings (SSSR count). The molecule has 0 atom stereocenters. The molecule has 0 N–H and O–H groups in total. The maximum Gasteiger partial charge on any atom is 0.180 e. The Labute approximate surface area is 63.9 Å². The van der Waals surface area contributed by atoms with Crippen LogP contribution in [-0.4, -0.2) is 20.0 Å². The zero-order valence-corrected chi connectivity index (χ0v) is 6.44. The molecule has 0 saturated heterocycles. The van der Waals surface area contributed by atoms with E-state index < -0.39 is 0 Å². The lowest BCUT2D eigenvalue weighted by Gasteiger charge is -1.92. The van der Waals surface area contributed by atoms with Gasteiger partial charge in [-0.25, -0.2) is 4.68 Å². The van der Waals surface area contributed by atoms with Crippen LogP contribution in [0.25, 0.3) is 11.0 Å². The van der Waals surface area contributed by atoms with E-state index in [9.17, 15) is 0 Å². The minimum absolute atomic E-state index is 0.838. The summed E-state index contributed by atoms with van der Waals surface area (Å²) in [5.74, 6) is 0. The number of fused-ring (bicyclic) bond motifs is 1. The van der Waals surface area contributed by atoms with Gasteiger partial charge in [-0.05, 0) is 12.5 Å². The van der Waals surface area contributed by atoms with Crippen LogP contribution in [-0.2, 0) is 7.05 Å². The smallest absolute Gasteiger partial charge is 0.180 e. The summed E-state index contributed by atoms with van der Waals surface area (Å²) in [6, 6.07) is 0. The quantitative estimate of drug-likeness (QED) is 0.551. The summed E-state index contributed by atoms with van der Waals surface area (Å²) in [5, 5.41) is 12.9. The van der Waals surface area contributed by atoms with Crippen molar-refractivity contribution in [2.45, 2.75) is 6.92 Å². The van der Waals surface area contributed by atoms with E-state index >= 15 is 0 Å².